The van der Waals surface area contributed by atoms with Crippen LogP contribution in [0.5, 0.6) is 0 Å². The van der Waals surface area contributed by atoms with E-state index in [9.17, 15) is 14.9 Å². The second kappa shape index (κ2) is 6.33. The van der Waals surface area contributed by atoms with E-state index in [1.807, 2.05) is 0 Å². The van der Waals surface area contributed by atoms with Gasteiger partial charge in [-0.15, -0.1) is 0 Å². The number of hydrogen-bond acceptors (Lipinski definition) is 4. The fraction of sp³-hybridized carbons (Fsp3) is 0.385. The van der Waals surface area contributed by atoms with E-state index in [1.54, 1.807) is 17.0 Å². The number of non-ortho nitro benzene ring substituents is 1. The number of anilines is 1. The molecule has 0 spiro atoms. The van der Waals surface area contributed by atoms with Crippen LogP contribution in [0.2, 0.25) is 0 Å². The Morgan fingerprint density at radius 2 is 2.05 bits per heavy atom. The van der Waals surface area contributed by atoms with Gasteiger partial charge in [-0.2, -0.15) is 0 Å². The third kappa shape index (κ3) is 3.45. The fourth-order valence-electron chi connectivity index (χ4n) is 2.07. The lowest BCUT2D eigenvalue weighted by Crippen LogP contribution is -2.49. The first-order chi connectivity index (χ1) is 9.60. The summed E-state index contributed by atoms with van der Waals surface area (Å²) in [7, 11) is 0. The van der Waals surface area contributed by atoms with Gasteiger partial charge in [-0.05, 0) is 19.5 Å². The summed E-state index contributed by atoms with van der Waals surface area (Å²) < 4.78 is 0. The minimum absolute atomic E-state index is 0.0373. The summed E-state index contributed by atoms with van der Waals surface area (Å²) in [6.07, 6.45) is 0. The lowest BCUT2D eigenvalue weighted by molar-refractivity contribution is -0.384. The molecular weight excluding hydrogens is 260 g/mol. The summed E-state index contributed by atoms with van der Waals surface area (Å²) in [4.78, 5) is 26.1. The minimum Gasteiger partial charge on any atom is -0.322 e. The van der Waals surface area contributed by atoms with Crippen LogP contribution in [0, 0.1) is 17.0 Å². The van der Waals surface area contributed by atoms with Gasteiger partial charge in [0.15, 0.2) is 0 Å². The maximum absolute atomic E-state index is 12.1. The molecule has 1 heterocycles. The van der Waals surface area contributed by atoms with Crippen molar-refractivity contribution in [3.8, 4) is 0 Å². The second-order valence-corrected chi connectivity index (χ2v) is 4.57. The van der Waals surface area contributed by atoms with E-state index >= 15 is 0 Å². The number of carbonyl (C=O) groups excluding carboxylic acids is 1. The first kappa shape index (κ1) is 14.3. The van der Waals surface area contributed by atoms with E-state index in [1.165, 1.54) is 12.1 Å². The van der Waals surface area contributed by atoms with E-state index in [0.29, 0.717) is 18.8 Å². The molecule has 0 aromatic heterocycles. The number of nitro benzene ring substituents is 1. The molecule has 1 saturated heterocycles. The quantitative estimate of drug-likeness (QED) is 0.672. The van der Waals surface area contributed by atoms with Crippen LogP contribution < -0.4 is 5.32 Å². The SMILES string of the molecule is [CH2]CN1CCN(C(=O)Nc2cccc([N+](=O)[O-])c2)CC1. The summed E-state index contributed by atoms with van der Waals surface area (Å²) in [5, 5.41) is 13.4. The maximum atomic E-state index is 12.1. The summed E-state index contributed by atoms with van der Waals surface area (Å²) in [5.41, 5.74) is 0.397. The molecule has 0 saturated carbocycles. The molecule has 1 aliphatic rings. The molecule has 107 valence electrons. The van der Waals surface area contributed by atoms with Gasteiger partial charge in [0.05, 0.1) is 4.92 Å². The summed E-state index contributed by atoms with van der Waals surface area (Å²) >= 11 is 0. The fourth-order valence-corrected chi connectivity index (χ4v) is 2.07. The van der Waals surface area contributed by atoms with Crippen LogP contribution in [-0.2, 0) is 0 Å². The highest BCUT2D eigenvalue weighted by atomic mass is 16.6. The first-order valence-corrected chi connectivity index (χ1v) is 6.42. The van der Waals surface area contributed by atoms with Gasteiger partial charge in [0.2, 0.25) is 0 Å². The molecule has 1 fully saturated rings. The number of nitrogens with zero attached hydrogens (tertiary/aromatic N) is 3. The largest absolute Gasteiger partial charge is 0.322 e. The van der Waals surface area contributed by atoms with Crippen molar-refractivity contribution in [2.75, 3.05) is 38.0 Å². The van der Waals surface area contributed by atoms with Crippen LogP contribution in [0.25, 0.3) is 0 Å². The summed E-state index contributed by atoms with van der Waals surface area (Å²) in [6, 6.07) is 5.70. The third-order valence-electron chi connectivity index (χ3n) is 3.28. The van der Waals surface area contributed by atoms with Crippen LogP contribution >= 0.6 is 0 Å². The number of benzene rings is 1. The van der Waals surface area contributed by atoms with Crippen LogP contribution in [-0.4, -0.2) is 53.5 Å². The van der Waals surface area contributed by atoms with Crippen LogP contribution in [0.4, 0.5) is 16.2 Å². The van der Waals surface area contributed by atoms with Gasteiger partial charge in [-0.1, -0.05) is 6.07 Å². The van der Waals surface area contributed by atoms with Gasteiger partial charge in [0.1, 0.15) is 0 Å². The molecule has 0 aliphatic carbocycles. The average molecular weight is 277 g/mol. The Hall–Kier alpha value is -2.15. The van der Waals surface area contributed by atoms with Gasteiger partial charge in [0, 0.05) is 44.0 Å². The normalized spacial score (nSPS) is 15.9. The Labute approximate surface area is 117 Å². The predicted octanol–water partition coefficient (Wildman–Crippen LogP) is 1.58. The second-order valence-electron chi connectivity index (χ2n) is 4.57. The zero-order valence-corrected chi connectivity index (χ0v) is 11.1. The van der Waals surface area contributed by atoms with Crippen molar-refractivity contribution >= 4 is 17.4 Å². The van der Waals surface area contributed by atoms with Crippen molar-refractivity contribution in [3.63, 3.8) is 0 Å². The maximum Gasteiger partial charge on any atom is 0.321 e. The monoisotopic (exact) mass is 277 g/mol. The Morgan fingerprint density at radius 3 is 2.65 bits per heavy atom. The van der Waals surface area contributed by atoms with E-state index in [-0.39, 0.29) is 11.7 Å². The lowest BCUT2D eigenvalue weighted by atomic mass is 10.3. The number of rotatable bonds is 3. The number of amides is 2. The number of nitrogens with one attached hydrogen (secondary N) is 1. The van der Waals surface area contributed by atoms with Gasteiger partial charge in [-0.25, -0.2) is 4.79 Å². The van der Waals surface area contributed by atoms with Crippen molar-refractivity contribution < 1.29 is 9.72 Å². The summed E-state index contributed by atoms with van der Waals surface area (Å²) in [6.45, 7) is 7.42. The molecule has 2 rings (SSSR count). The molecule has 1 N–H and O–H groups in total. The number of piperazine rings is 1. The van der Waals surface area contributed by atoms with Crippen molar-refractivity contribution in [3.05, 3.63) is 41.3 Å². The van der Waals surface area contributed by atoms with Crippen molar-refractivity contribution in [1.29, 1.82) is 0 Å². The molecule has 1 radical (unpaired) electrons. The van der Waals surface area contributed by atoms with E-state index in [4.69, 9.17) is 0 Å². The zero-order valence-electron chi connectivity index (χ0n) is 11.1. The highest BCUT2D eigenvalue weighted by Crippen LogP contribution is 2.17. The zero-order chi connectivity index (χ0) is 14.5. The lowest BCUT2D eigenvalue weighted by Gasteiger charge is -2.33. The molecule has 0 unspecified atom stereocenters. The Bertz CT molecular complexity index is 498. The average Bonchev–Trinajstić information content (AvgIpc) is 2.47. The van der Waals surface area contributed by atoms with Crippen LogP contribution in [0.3, 0.4) is 0 Å². The molecule has 1 aliphatic heterocycles. The Balaban J connectivity index is 1.95. The van der Waals surface area contributed by atoms with Gasteiger partial charge in [0.25, 0.3) is 5.69 Å². The number of nitro groups is 1. The standard InChI is InChI=1S/C13H17N4O3/c1-2-15-6-8-16(9-7-15)13(18)14-11-4-3-5-12(10-11)17(19)20/h3-5,10H,1-2,6-9H2,(H,14,18). The van der Waals surface area contributed by atoms with Crippen molar-refractivity contribution in [1.82, 2.24) is 9.80 Å². The predicted molar refractivity (Wildman–Crippen MR) is 75.5 cm³/mol. The van der Waals surface area contributed by atoms with Crippen molar-refractivity contribution in [2.45, 2.75) is 0 Å². The van der Waals surface area contributed by atoms with Crippen LogP contribution in [0.1, 0.15) is 0 Å². The molecule has 20 heavy (non-hydrogen) atoms. The Kier molecular flexibility index (Phi) is 4.52. The van der Waals surface area contributed by atoms with Crippen LogP contribution in [0.15, 0.2) is 24.3 Å². The third-order valence-corrected chi connectivity index (χ3v) is 3.28. The highest BCUT2D eigenvalue weighted by Gasteiger charge is 2.20. The van der Waals surface area contributed by atoms with Gasteiger partial charge < -0.3 is 10.2 Å². The molecule has 2 amide bonds. The van der Waals surface area contributed by atoms with E-state index in [2.05, 4.69) is 17.1 Å². The Morgan fingerprint density at radius 1 is 1.35 bits per heavy atom. The topological polar surface area (TPSA) is 78.7 Å². The molecule has 0 bridgehead atoms. The highest BCUT2D eigenvalue weighted by molar-refractivity contribution is 5.89. The van der Waals surface area contributed by atoms with Gasteiger partial charge >= 0.3 is 6.03 Å². The number of urea groups is 1. The molecule has 7 heteroatoms. The minimum atomic E-state index is -0.483. The van der Waals surface area contributed by atoms with E-state index < -0.39 is 4.92 Å². The van der Waals surface area contributed by atoms with Crippen molar-refractivity contribution in [2.24, 2.45) is 0 Å². The molecule has 1 aromatic carbocycles. The van der Waals surface area contributed by atoms with Gasteiger partial charge in [-0.3, -0.25) is 15.0 Å². The number of hydrogen-bond donors (Lipinski definition) is 1. The van der Waals surface area contributed by atoms with E-state index in [0.717, 1.165) is 19.6 Å². The number of carbonyl (C=O) groups is 1. The molecule has 7 nitrogen and oxygen atoms in total. The molecular formula is C13H17N4O3. The molecule has 1 aromatic rings. The first-order valence-electron chi connectivity index (χ1n) is 6.42. The molecule has 0 atom stereocenters. The summed E-state index contributed by atoms with van der Waals surface area (Å²) in [5.74, 6) is 0. The smallest absolute Gasteiger partial charge is 0.321 e.